The van der Waals surface area contributed by atoms with E-state index < -0.39 is 5.97 Å². The van der Waals surface area contributed by atoms with Crippen molar-refractivity contribution in [3.63, 3.8) is 0 Å². The first-order chi connectivity index (χ1) is 9.99. The summed E-state index contributed by atoms with van der Waals surface area (Å²) in [4.78, 5) is 17.7. The monoisotopic (exact) mass is 291 g/mol. The van der Waals surface area contributed by atoms with Crippen LogP contribution in [0.1, 0.15) is 42.2 Å². The van der Waals surface area contributed by atoms with Gasteiger partial charge in [0.05, 0.1) is 24.7 Å². The Bertz CT molecular complexity index is 523. The SMILES string of the molecule is COCCN(CCC#N)c1cc(C(=O)O)cc(C(C)C)n1. The smallest absolute Gasteiger partial charge is 0.335 e. The lowest BCUT2D eigenvalue weighted by molar-refractivity contribution is 0.0696. The van der Waals surface area contributed by atoms with Crippen LogP contribution in [0.5, 0.6) is 0 Å². The van der Waals surface area contributed by atoms with Gasteiger partial charge < -0.3 is 14.7 Å². The van der Waals surface area contributed by atoms with Gasteiger partial charge in [-0.3, -0.25) is 0 Å². The lowest BCUT2D eigenvalue weighted by Crippen LogP contribution is -2.29. The zero-order valence-corrected chi connectivity index (χ0v) is 12.7. The lowest BCUT2D eigenvalue weighted by Gasteiger charge is -2.23. The number of carboxylic acids is 1. The molecule has 0 spiro atoms. The van der Waals surface area contributed by atoms with Crippen LogP contribution in [0.3, 0.4) is 0 Å². The molecule has 0 bridgehead atoms. The van der Waals surface area contributed by atoms with Crippen molar-refractivity contribution < 1.29 is 14.6 Å². The molecule has 0 unspecified atom stereocenters. The molecule has 21 heavy (non-hydrogen) atoms. The molecule has 0 aliphatic carbocycles. The van der Waals surface area contributed by atoms with E-state index in [9.17, 15) is 9.90 Å². The minimum Gasteiger partial charge on any atom is -0.478 e. The topological polar surface area (TPSA) is 86.5 Å². The molecule has 6 nitrogen and oxygen atoms in total. The second-order valence-corrected chi connectivity index (χ2v) is 4.99. The van der Waals surface area contributed by atoms with Gasteiger partial charge in [-0.1, -0.05) is 13.8 Å². The van der Waals surface area contributed by atoms with Gasteiger partial charge in [-0.15, -0.1) is 0 Å². The highest BCUT2D eigenvalue weighted by molar-refractivity contribution is 5.88. The van der Waals surface area contributed by atoms with Crippen LogP contribution in [0.15, 0.2) is 12.1 Å². The summed E-state index contributed by atoms with van der Waals surface area (Å²) < 4.78 is 5.06. The van der Waals surface area contributed by atoms with Gasteiger partial charge in [0, 0.05) is 25.9 Å². The molecule has 0 saturated carbocycles. The summed E-state index contributed by atoms with van der Waals surface area (Å²) in [5.74, 6) is -0.276. The highest BCUT2D eigenvalue weighted by Gasteiger charge is 2.15. The predicted octanol–water partition coefficient (Wildman–Crippen LogP) is 2.27. The van der Waals surface area contributed by atoms with E-state index in [2.05, 4.69) is 11.1 Å². The number of nitrogens with zero attached hydrogens (tertiary/aromatic N) is 3. The normalized spacial score (nSPS) is 10.4. The summed E-state index contributed by atoms with van der Waals surface area (Å²) in [5.41, 5.74) is 0.937. The van der Waals surface area contributed by atoms with Crippen molar-refractivity contribution in [2.24, 2.45) is 0 Å². The standard InChI is InChI=1S/C15H21N3O3/c1-11(2)13-9-12(15(19)20)10-14(17-13)18(6-4-5-16)7-8-21-3/h9-11H,4,6-8H2,1-3H3,(H,19,20). The van der Waals surface area contributed by atoms with E-state index in [0.29, 0.717) is 31.9 Å². The van der Waals surface area contributed by atoms with Crippen LogP contribution >= 0.6 is 0 Å². The quantitative estimate of drug-likeness (QED) is 0.790. The zero-order chi connectivity index (χ0) is 15.8. The van der Waals surface area contributed by atoms with Crippen LogP contribution in [0, 0.1) is 11.3 Å². The summed E-state index contributed by atoms with van der Waals surface area (Å²) in [6.45, 7) is 5.47. The maximum Gasteiger partial charge on any atom is 0.335 e. The Morgan fingerprint density at radius 3 is 2.71 bits per heavy atom. The van der Waals surface area contributed by atoms with E-state index in [1.165, 1.54) is 0 Å². The highest BCUT2D eigenvalue weighted by Crippen LogP contribution is 2.20. The van der Waals surface area contributed by atoms with Crippen molar-refractivity contribution in [2.75, 3.05) is 31.7 Å². The van der Waals surface area contributed by atoms with E-state index in [4.69, 9.17) is 10.00 Å². The fourth-order valence-electron chi connectivity index (χ4n) is 1.85. The molecule has 1 N–H and O–H groups in total. The van der Waals surface area contributed by atoms with Crippen molar-refractivity contribution in [1.29, 1.82) is 5.26 Å². The van der Waals surface area contributed by atoms with Crippen LogP contribution in [0.25, 0.3) is 0 Å². The number of pyridine rings is 1. The predicted molar refractivity (Wildman–Crippen MR) is 79.6 cm³/mol. The van der Waals surface area contributed by atoms with E-state index in [1.807, 2.05) is 18.7 Å². The number of nitriles is 1. The molecule has 0 amide bonds. The fraction of sp³-hybridized carbons (Fsp3) is 0.533. The molecule has 0 radical (unpaired) electrons. The molecule has 0 atom stereocenters. The first-order valence-corrected chi connectivity index (χ1v) is 6.85. The first-order valence-electron chi connectivity index (χ1n) is 6.85. The number of ether oxygens (including phenoxy) is 1. The van der Waals surface area contributed by atoms with Crippen LogP contribution in [-0.2, 0) is 4.74 Å². The van der Waals surface area contributed by atoms with Crippen molar-refractivity contribution in [3.05, 3.63) is 23.4 Å². The van der Waals surface area contributed by atoms with Crippen molar-refractivity contribution in [3.8, 4) is 6.07 Å². The van der Waals surface area contributed by atoms with Gasteiger partial charge in [0.25, 0.3) is 0 Å². The summed E-state index contributed by atoms with van der Waals surface area (Å²) in [5, 5.41) is 18.0. The number of carboxylic acid groups (broad SMARTS) is 1. The van der Waals surface area contributed by atoms with E-state index >= 15 is 0 Å². The number of hydrogen-bond acceptors (Lipinski definition) is 5. The molecule has 1 rings (SSSR count). The summed E-state index contributed by atoms with van der Waals surface area (Å²) in [7, 11) is 1.60. The molecule has 0 aromatic carbocycles. The van der Waals surface area contributed by atoms with Crippen molar-refractivity contribution in [2.45, 2.75) is 26.2 Å². The van der Waals surface area contributed by atoms with E-state index in [0.717, 1.165) is 5.69 Å². The maximum absolute atomic E-state index is 11.3. The van der Waals surface area contributed by atoms with Gasteiger partial charge in [-0.2, -0.15) is 5.26 Å². The number of aromatic carboxylic acids is 1. The molecule has 1 aromatic heterocycles. The number of anilines is 1. The van der Waals surface area contributed by atoms with E-state index in [1.54, 1.807) is 19.2 Å². The zero-order valence-electron chi connectivity index (χ0n) is 12.7. The average Bonchev–Trinajstić information content (AvgIpc) is 2.46. The minimum absolute atomic E-state index is 0.128. The average molecular weight is 291 g/mol. The van der Waals surface area contributed by atoms with Crippen molar-refractivity contribution in [1.82, 2.24) is 4.98 Å². The molecule has 0 aliphatic rings. The molecule has 0 saturated heterocycles. The molecule has 1 aromatic rings. The Morgan fingerprint density at radius 2 is 2.19 bits per heavy atom. The van der Waals surface area contributed by atoms with Crippen molar-refractivity contribution >= 4 is 11.8 Å². The Kier molecular flexibility index (Phi) is 6.63. The van der Waals surface area contributed by atoms with Gasteiger partial charge in [0.1, 0.15) is 5.82 Å². The Hall–Kier alpha value is -2.13. The van der Waals surface area contributed by atoms with Crippen LogP contribution < -0.4 is 4.90 Å². The Labute approximate surface area is 125 Å². The van der Waals surface area contributed by atoms with Crippen LogP contribution in [0.4, 0.5) is 5.82 Å². The minimum atomic E-state index is -0.979. The molecule has 0 aliphatic heterocycles. The number of methoxy groups -OCH3 is 1. The third kappa shape index (κ3) is 5.04. The van der Waals surface area contributed by atoms with Gasteiger partial charge in [0.2, 0.25) is 0 Å². The molecule has 114 valence electrons. The number of rotatable bonds is 8. The molecule has 1 heterocycles. The third-order valence-electron chi connectivity index (χ3n) is 3.05. The van der Waals surface area contributed by atoms with Crippen LogP contribution in [-0.4, -0.2) is 42.9 Å². The second-order valence-electron chi connectivity index (χ2n) is 4.99. The lowest BCUT2D eigenvalue weighted by atomic mass is 10.1. The maximum atomic E-state index is 11.3. The first kappa shape index (κ1) is 16.9. The summed E-state index contributed by atoms with van der Waals surface area (Å²) >= 11 is 0. The molecular weight excluding hydrogens is 270 g/mol. The van der Waals surface area contributed by atoms with Gasteiger partial charge in [-0.25, -0.2) is 9.78 Å². The Morgan fingerprint density at radius 1 is 1.48 bits per heavy atom. The number of carbonyl (C=O) groups is 1. The second kappa shape index (κ2) is 8.22. The van der Waals surface area contributed by atoms with Gasteiger partial charge in [0.15, 0.2) is 0 Å². The molecule has 6 heteroatoms. The Balaban J connectivity index is 3.15. The van der Waals surface area contributed by atoms with E-state index in [-0.39, 0.29) is 11.5 Å². The fourth-order valence-corrected chi connectivity index (χ4v) is 1.85. The largest absolute Gasteiger partial charge is 0.478 e. The number of hydrogen-bond donors (Lipinski definition) is 1. The summed E-state index contributed by atoms with van der Waals surface area (Å²) in [6, 6.07) is 5.23. The molecule has 0 fully saturated rings. The molecular formula is C15H21N3O3. The number of aromatic nitrogens is 1. The van der Waals surface area contributed by atoms with Gasteiger partial charge >= 0.3 is 5.97 Å². The highest BCUT2D eigenvalue weighted by atomic mass is 16.5. The van der Waals surface area contributed by atoms with Crippen LogP contribution in [0.2, 0.25) is 0 Å². The third-order valence-corrected chi connectivity index (χ3v) is 3.05. The summed E-state index contributed by atoms with van der Waals surface area (Å²) in [6.07, 6.45) is 0.347. The van der Waals surface area contributed by atoms with Gasteiger partial charge in [-0.05, 0) is 18.1 Å².